The van der Waals surface area contributed by atoms with Gasteiger partial charge in [0.25, 0.3) is 0 Å². The first-order valence-corrected chi connectivity index (χ1v) is 10.0. The van der Waals surface area contributed by atoms with E-state index in [1.54, 1.807) is 42.4 Å². The molecule has 0 atom stereocenters. The molecule has 0 fully saturated rings. The molecule has 2 heterocycles. The number of amides is 1. The number of hydrogen-bond acceptors (Lipinski definition) is 7. The lowest BCUT2D eigenvalue weighted by atomic mass is 10.2. The molecule has 142 valence electrons. The molecule has 8 nitrogen and oxygen atoms in total. The number of pyridine rings is 1. The summed E-state index contributed by atoms with van der Waals surface area (Å²) in [7, 11) is -3.42. The normalized spacial score (nSPS) is 13.7. The molecule has 1 amide bonds. The van der Waals surface area contributed by atoms with Crippen molar-refractivity contribution in [2.45, 2.75) is 18.4 Å². The zero-order valence-electron chi connectivity index (χ0n) is 14.7. The summed E-state index contributed by atoms with van der Waals surface area (Å²) in [5.41, 5.74) is 1.41. The van der Waals surface area contributed by atoms with Gasteiger partial charge < -0.3 is 15.0 Å². The standard InChI is InChI=1S/C18H19N3O5S/c1-2-27(24,25)14-3-4-15-16(9-14)26-18(23)12-21(15)11-17(22)20-10-13-5-7-19-8-6-13/h3-9H,2,10-12H2,1H3,(H,20,22). The van der Waals surface area contributed by atoms with Crippen LogP contribution in [0.15, 0.2) is 47.6 Å². The van der Waals surface area contributed by atoms with Crippen LogP contribution in [0.3, 0.4) is 0 Å². The van der Waals surface area contributed by atoms with E-state index in [4.69, 9.17) is 4.74 Å². The van der Waals surface area contributed by atoms with Gasteiger partial charge >= 0.3 is 5.97 Å². The van der Waals surface area contributed by atoms with Gasteiger partial charge in [-0.1, -0.05) is 6.92 Å². The largest absolute Gasteiger partial charge is 0.423 e. The molecule has 0 unspecified atom stereocenters. The van der Waals surface area contributed by atoms with Crippen molar-refractivity contribution in [3.8, 4) is 5.75 Å². The predicted octanol–water partition coefficient (Wildman–Crippen LogP) is 0.917. The highest BCUT2D eigenvalue weighted by Gasteiger charge is 2.27. The van der Waals surface area contributed by atoms with Crippen LogP contribution >= 0.6 is 0 Å². The van der Waals surface area contributed by atoms with Crippen LogP contribution < -0.4 is 15.0 Å². The van der Waals surface area contributed by atoms with Gasteiger partial charge in [-0.05, 0) is 29.8 Å². The lowest BCUT2D eigenvalue weighted by molar-refractivity contribution is -0.133. The molecule has 1 N–H and O–H groups in total. The number of nitrogens with one attached hydrogen (secondary N) is 1. The van der Waals surface area contributed by atoms with Crippen molar-refractivity contribution < 1.29 is 22.7 Å². The van der Waals surface area contributed by atoms with E-state index in [2.05, 4.69) is 10.3 Å². The van der Waals surface area contributed by atoms with Crippen molar-refractivity contribution in [1.29, 1.82) is 0 Å². The summed E-state index contributed by atoms with van der Waals surface area (Å²) in [5, 5.41) is 2.78. The van der Waals surface area contributed by atoms with E-state index in [1.807, 2.05) is 0 Å². The highest BCUT2D eigenvalue weighted by molar-refractivity contribution is 7.91. The number of aromatic nitrogens is 1. The van der Waals surface area contributed by atoms with Crippen molar-refractivity contribution in [2.24, 2.45) is 0 Å². The summed E-state index contributed by atoms with van der Waals surface area (Å²) in [6, 6.07) is 7.93. The van der Waals surface area contributed by atoms with E-state index < -0.39 is 15.8 Å². The molecule has 1 aromatic heterocycles. The number of carbonyl (C=O) groups is 2. The van der Waals surface area contributed by atoms with E-state index in [9.17, 15) is 18.0 Å². The maximum atomic E-state index is 12.3. The van der Waals surface area contributed by atoms with Gasteiger partial charge in [-0.15, -0.1) is 0 Å². The zero-order valence-corrected chi connectivity index (χ0v) is 15.5. The van der Waals surface area contributed by atoms with Gasteiger partial charge in [0.1, 0.15) is 6.54 Å². The Balaban J connectivity index is 1.74. The van der Waals surface area contributed by atoms with Crippen LogP contribution in [-0.2, 0) is 26.0 Å². The third-order valence-corrected chi connectivity index (χ3v) is 5.86. The van der Waals surface area contributed by atoms with Crippen LogP contribution in [0.2, 0.25) is 0 Å². The van der Waals surface area contributed by atoms with E-state index >= 15 is 0 Å². The minimum Gasteiger partial charge on any atom is -0.423 e. The summed E-state index contributed by atoms with van der Waals surface area (Å²) in [4.78, 5) is 29.7. The van der Waals surface area contributed by atoms with Gasteiger partial charge in [0.05, 0.1) is 22.9 Å². The molecule has 0 aliphatic carbocycles. The molecular formula is C18H19N3O5S. The fourth-order valence-corrected chi connectivity index (χ4v) is 3.56. The topological polar surface area (TPSA) is 106 Å². The summed E-state index contributed by atoms with van der Waals surface area (Å²) in [5.74, 6) is -0.725. The summed E-state index contributed by atoms with van der Waals surface area (Å²) >= 11 is 0. The molecule has 0 spiro atoms. The third kappa shape index (κ3) is 4.43. The van der Waals surface area contributed by atoms with Gasteiger partial charge in [-0.2, -0.15) is 0 Å². The number of benzene rings is 1. The number of esters is 1. The number of rotatable bonds is 6. The Morgan fingerprint density at radius 3 is 2.70 bits per heavy atom. The van der Waals surface area contributed by atoms with E-state index in [-0.39, 0.29) is 35.4 Å². The van der Waals surface area contributed by atoms with Crippen molar-refractivity contribution in [1.82, 2.24) is 10.3 Å². The van der Waals surface area contributed by atoms with E-state index in [0.717, 1.165) is 5.56 Å². The smallest absolute Gasteiger partial charge is 0.331 e. The molecule has 1 aromatic carbocycles. The molecule has 3 rings (SSSR count). The maximum absolute atomic E-state index is 12.3. The number of carbonyl (C=O) groups excluding carboxylic acids is 2. The maximum Gasteiger partial charge on any atom is 0.331 e. The Morgan fingerprint density at radius 2 is 2.00 bits per heavy atom. The molecule has 0 saturated carbocycles. The molecule has 1 aliphatic heterocycles. The van der Waals surface area contributed by atoms with Crippen molar-refractivity contribution in [3.63, 3.8) is 0 Å². The van der Waals surface area contributed by atoms with Gasteiger partial charge in [0.15, 0.2) is 15.6 Å². The highest BCUT2D eigenvalue weighted by Crippen LogP contribution is 2.34. The Kier molecular flexibility index (Phi) is 5.41. The van der Waals surface area contributed by atoms with Gasteiger partial charge in [0.2, 0.25) is 5.91 Å². The average Bonchev–Trinajstić information content (AvgIpc) is 2.66. The number of ether oxygens (including phenoxy) is 1. The monoisotopic (exact) mass is 389 g/mol. The third-order valence-electron chi connectivity index (χ3n) is 4.13. The van der Waals surface area contributed by atoms with Gasteiger partial charge in [-0.3, -0.25) is 9.78 Å². The SMILES string of the molecule is CCS(=O)(=O)c1ccc2c(c1)OC(=O)CN2CC(=O)NCc1ccncc1. The molecule has 0 saturated heterocycles. The second kappa shape index (κ2) is 7.75. The molecule has 1 aliphatic rings. The van der Waals surface area contributed by atoms with Crippen molar-refractivity contribution in [2.75, 3.05) is 23.7 Å². The molecular weight excluding hydrogens is 370 g/mol. The van der Waals surface area contributed by atoms with Crippen LogP contribution in [-0.4, -0.2) is 44.1 Å². The minimum atomic E-state index is -3.42. The number of nitrogens with zero attached hydrogens (tertiary/aromatic N) is 2. The number of sulfone groups is 1. The van der Waals surface area contributed by atoms with Crippen LogP contribution in [0.5, 0.6) is 5.75 Å². The highest BCUT2D eigenvalue weighted by atomic mass is 32.2. The van der Waals surface area contributed by atoms with Crippen molar-refractivity contribution >= 4 is 27.4 Å². The van der Waals surface area contributed by atoms with Crippen LogP contribution in [0.1, 0.15) is 12.5 Å². The first-order valence-electron chi connectivity index (χ1n) is 8.37. The van der Waals surface area contributed by atoms with Gasteiger partial charge in [-0.25, -0.2) is 13.2 Å². The summed E-state index contributed by atoms with van der Waals surface area (Å²) in [6.07, 6.45) is 3.28. The Bertz CT molecular complexity index is 960. The van der Waals surface area contributed by atoms with Crippen molar-refractivity contribution in [3.05, 3.63) is 48.3 Å². The number of anilines is 1. The lowest BCUT2D eigenvalue weighted by Crippen LogP contribution is -2.43. The second-order valence-corrected chi connectivity index (χ2v) is 8.27. The molecule has 27 heavy (non-hydrogen) atoms. The lowest BCUT2D eigenvalue weighted by Gasteiger charge is -2.29. The number of hydrogen-bond donors (Lipinski definition) is 1. The van der Waals surface area contributed by atoms with Crippen LogP contribution in [0.25, 0.3) is 0 Å². The van der Waals surface area contributed by atoms with E-state index in [1.165, 1.54) is 12.1 Å². The molecule has 2 aromatic rings. The predicted molar refractivity (Wildman–Crippen MR) is 98.1 cm³/mol. The fraction of sp³-hybridized carbons (Fsp3) is 0.278. The summed E-state index contributed by atoms with van der Waals surface area (Å²) in [6.45, 7) is 1.75. The zero-order chi connectivity index (χ0) is 19.4. The molecule has 9 heteroatoms. The molecule has 0 bridgehead atoms. The van der Waals surface area contributed by atoms with Crippen LogP contribution in [0.4, 0.5) is 5.69 Å². The quantitative estimate of drug-likeness (QED) is 0.578. The fourth-order valence-electron chi connectivity index (χ4n) is 2.67. The Hall–Kier alpha value is -2.94. The Morgan fingerprint density at radius 1 is 1.26 bits per heavy atom. The minimum absolute atomic E-state index is 0.0486. The first-order chi connectivity index (χ1) is 12.9. The summed E-state index contributed by atoms with van der Waals surface area (Å²) < 4.78 is 29.2. The first kappa shape index (κ1) is 18.8. The van der Waals surface area contributed by atoms with E-state index in [0.29, 0.717) is 12.2 Å². The molecule has 0 radical (unpaired) electrons. The van der Waals surface area contributed by atoms with Gasteiger partial charge in [0, 0.05) is 25.0 Å². The van der Waals surface area contributed by atoms with Crippen LogP contribution in [0, 0.1) is 0 Å². The second-order valence-electron chi connectivity index (χ2n) is 6.00. The number of fused-ring (bicyclic) bond motifs is 1. The Labute approximate surface area is 157 Å². The average molecular weight is 389 g/mol.